The van der Waals surface area contributed by atoms with Crippen LogP contribution >= 0.6 is 0 Å². The molecule has 0 rings (SSSR count). The quantitative estimate of drug-likeness (QED) is 0.367. The second-order valence-corrected chi connectivity index (χ2v) is 0.238. The summed E-state index contributed by atoms with van der Waals surface area (Å²) < 4.78 is 0. The molecule has 0 atom stereocenters. The van der Waals surface area contributed by atoms with Crippen molar-refractivity contribution in [3.8, 4) is 0 Å². The summed E-state index contributed by atoms with van der Waals surface area (Å²) in [6.45, 7) is 0. The van der Waals surface area contributed by atoms with Crippen LogP contribution in [-0.4, -0.2) is 26.7 Å². The van der Waals surface area contributed by atoms with Crippen molar-refractivity contribution in [2.24, 2.45) is 0 Å². The first-order valence-electron chi connectivity index (χ1n) is 0.565. The monoisotopic (exact) mass is 257 g/mol. The zero-order valence-corrected chi connectivity index (χ0v) is 6.85. The van der Waals surface area contributed by atoms with Crippen molar-refractivity contribution in [3.63, 3.8) is 0 Å². The summed E-state index contributed by atoms with van der Waals surface area (Å²) in [5.41, 5.74) is 0. The third-order valence-corrected chi connectivity index (χ3v) is 0. The Morgan fingerprint density at radius 1 is 1.25 bits per heavy atom. The van der Waals surface area contributed by atoms with Gasteiger partial charge in [0.05, 0.1) is 0 Å². The van der Waals surface area contributed by atoms with Crippen LogP contribution < -0.4 is 0 Å². The average molecular weight is 257 g/mol. The van der Waals surface area contributed by atoms with E-state index >= 15 is 0 Å². The predicted molar refractivity (Wildman–Crippen MR) is 19.6 cm³/mol. The molecule has 0 saturated heterocycles. The van der Waals surface area contributed by atoms with Crippen molar-refractivity contribution in [3.05, 3.63) is 10.1 Å². The van der Waals surface area contributed by atoms with Gasteiger partial charge in [-0.3, -0.25) is 0 Å². The maximum absolute atomic E-state index is 8.36. The Kier molecular flexibility index (Phi) is 128. The van der Waals surface area contributed by atoms with Crippen molar-refractivity contribution in [1.29, 1.82) is 0 Å². The van der Waals surface area contributed by atoms with Gasteiger partial charge in [0.15, 0.2) is 0 Å². The van der Waals surface area contributed by atoms with Crippen molar-refractivity contribution >= 4 is 0 Å². The molecular weight excluding hydrogens is 250 g/mol. The van der Waals surface area contributed by atoms with Crippen LogP contribution in [0.1, 0.15) is 0 Å². The molecule has 0 aliphatic heterocycles. The van der Waals surface area contributed by atoms with Gasteiger partial charge in [-0.05, 0) is 0 Å². The smallest absolute Gasteiger partial charge is 0.291 e. The second kappa shape index (κ2) is 26.0. The molecule has 52 valence electrons. The zero-order valence-electron chi connectivity index (χ0n) is 3.71. The third kappa shape index (κ3) is 922. The van der Waals surface area contributed by atoms with Crippen molar-refractivity contribution < 1.29 is 68.5 Å². The zero-order chi connectivity index (χ0) is 3.58. The fourth-order valence-corrected chi connectivity index (χ4v) is 0. The van der Waals surface area contributed by atoms with Gasteiger partial charge in [0, 0.05) is 41.7 Å². The van der Waals surface area contributed by atoms with Gasteiger partial charge in [-0.1, -0.05) is 0 Å². The van der Waals surface area contributed by atoms with Crippen LogP contribution in [0.25, 0.3) is 0 Å². The van der Waals surface area contributed by atoms with Crippen LogP contribution in [0.3, 0.4) is 0 Å². The molecule has 0 aliphatic rings. The predicted octanol–water partition coefficient (Wildman–Crippen LogP) is -2.82. The van der Waals surface area contributed by atoms with E-state index in [0.29, 0.717) is 0 Å². The van der Waals surface area contributed by atoms with Gasteiger partial charge >= 0.3 is 0 Å². The third-order valence-electron chi connectivity index (χ3n) is 0. The molecule has 0 amide bonds. The fourth-order valence-electron chi connectivity index (χ4n) is 0. The number of hydrogen-bond donors (Lipinski definition) is 1. The van der Waals surface area contributed by atoms with E-state index in [1.165, 1.54) is 0 Å². The molecule has 0 aromatic carbocycles. The van der Waals surface area contributed by atoms with Gasteiger partial charge in [-0.25, -0.2) is 0 Å². The molecule has 0 saturated carbocycles. The molecule has 0 unspecified atom stereocenters. The molecule has 0 fully saturated rings. The fraction of sp³-hybridized carbons (Fsp3) is 0. The minimum absolute atomic E-state index is 0. The van der Waals surface area contributed by atoms with Crippen LogP contribution in [0.5, 0.6) is 0 Å². The molecular formula is H7CeNO6. The van der Waals surface area contributed by atoms with Gasteiger partial charge in [0.25, 0.3) is 5.09 Å². The average Bonchev–Trinajstić information content (AvgIpc) is 0.811. The van der Waals surface area contributed by atoms with Crippen LogP contribution in [0.4, 0.5) is 0 Å². The molecule has 8 heavy (non-hydrogen) atoms. The minimum atomic E-state index is -1.50. The maximum Gasteiger partial charge on any atom is 0.291 e. The van der Waals surface area contributed by atoms with Crippen molar-refractivity contribution in [2.75, 3.05) is 0 Å². The van der Waals surface area contributed by atoms with Crippen LogP contribution in [0.15, 0.2) is 0 Å². The normalized spacial score (nSPS) is 3.00. The Morgan fingerprint density at radius 3 is 1.25 bits per heavy atom. The summed E-state index contributed by atoms with van der Waals surface area (Å²) in [7, 11) is 0. The second-order valence-electron chi connectivity index (χ2n) is 0.238. The van der Waals surface area contributed by atoms with Crippen molar-refractivity contribution in [1.82, 2.24) is 0 Å². The molecule has 7 N–H and O–H groups in total. The van der Waals surface area contributed by atoms with E-state index in [1.54, 1.807) is 0 Å². The van der Waals surface area contributed by atoms with Gasteiger partial charge in [-0.15, -0.1) is 10.1 Å². The minimum Gasteiger partial charge on any atom is -0.412 e. The van der Waals surface area contributed by atoms with Gasteiger partial charge in [0.1, 0.15) is 0 Å². The topological polar surface area (TPSA) is 158 Å². The number of nitrogens with zero attached hydrogens (tertiary/aromatic N) is 1. The molecule has 0 heterocycles. The summed E-state index contributed by atoms with van der Waals surface area (Å²) in [6, 6.07) is 0. The standard InChI is InChI=1S/Ce.HNO3.3H2O/c;2-1(3)4;;;/h;(H,2,3,4);3*1H2. The Morgan fingerprint density at radius 2 is 1.25 bits per heavy atom. The van der Waals surface area contributed by atoms with E-state index < -0.39 is 5.09 Å². The Hall–Kier alpha value is 0.457. The van der Waals surface area contributed by atoms with Crippen LogP contribution in [0, 0.1) is 51.9 Å². The van der Waals surface area contributed by atoms with Crippen LogP contribution in [0.2, 0.25) is 0 Å². The Balaban J connectivity index is -0.00000000750. The van der Waals surface area contributed by atoms with E-state index in [-0.39, 0.29) is 58.2 Å². The summed E-state index contributed by atoms with van der Waals surface area (Å²) >= 11 is 0. The van der Waals surface area contributed by atoms with E-state index in [0.717, 1.165) is 0 Å². The number of rotatable bonds is 0. The summed E-state index contributed by atoms with van der Waals surface area (Å²) in [5, 5.41) is 13.6. The molecule has 7 nitrogen and oxygen atoms in total. The molecule has 8 heteroatoms. The molecule has 0 aliphatic carbocycles. The van der Waals surface area contributed by atoms with Crippen LogP contribution in [-0.2, 0) is 0 Å². The maximum atomic E-state index is 8.36. The molecule has 0 radical (unpaired) electrons. The van der Waals surface area contributed by atoms with E-state index in [9.17, 15) is 0 Å². The summed E-state index contributed by atoms with van der Waals surface area (Å²) in [4.78, 5) is 8.36. The van der Waals surface area contributed by atoms with Crippen molar-refractivity contribution in [2.45, 2.75) is 0 Å². The molecule has 0 aromatic heterocycles. The first-order valence-corrected chi connectivity index (χ1v) is 0.565. The Bertz CT molecular complexity index is 31.5. The van der Waals surface area contributed by atoms with E-state index in [4.69, 9.17) is 15.3 Å². The largest absolute Gasteiger partial charge is 0.412 e. The molecule has 0 aromatic rings. The van der Waals surface area contributed by atoms with Gasteiger partial charge in [-0.2, -0.15) is 0 Å². The van der Waals surface area contributed by atoms with Gasteiger partial charge < -0.3 is 21.6 Å². The van der Waals surface area contributed by atoms with Gasteiger partial charge in [0.2, 0.25) is 0 Å². The molecule has 0 spiro atoms. The first kappa shape index (κ1) is 39.4. The summed E-state index contributed by atoms with van der Waals surface area (Å²) in [5.74, 6) is 0. The number of hydrogen-bond acceptors (Lipinski definition) is 2. The Labute approximate surface area is 78.1 Å². The molecule has 0 bridgehead atoms. The first-order chi connectivity index (χ1) is 1.73. The van der Waals surface area contributed by atoms with E-state index in [1.807, 2.05) is 0 Å². The SMILES string of the molecule is O.O.O.O=[N+]([O-])O.[Ce]. The summed E-state index contributed by atoms with van der Waals surface area (Å²) in [6.07, 6.45) is 0. The van der Waals surface area contributed by atoms with E-state index in [2.05, 4.69) is 0 Å².